The average molecular weight is 554 g/mol. The van der Waals surface area contributed by atoms with E-state index in [0.717, 1.165) is 0 Å². The Kier molecular flexibility index (Phi) is 6.97. The predicted molar refractivity (Wildman–Crippen MR) is 129 cm³/mol. The van der Waals surface area contributed by atoms with Gasteiger partial charge in [-0.25, -0.2) is 0 Å². The highest BCUT2D eigenvalue weighted by Crippen LogP contribution is 3.02. The highest BCUT2D eigenvalue weighted by molar-refractivity contribution is 8.45. The molecule has 38 heavy (non-hydrogen) atoms. The summed E-state index contributed by atoms with van der Waals surface area (Å²) < 4.78 is 81.2. The lowest BCUT2D eigenvalue weighted by molar-refractivity contribution is 0.0900. The molecule has 0 saturated carbocycles. The molecule has 0 aliphatic heterocycles. The van der Waals surface area contributed by atoms with Crippen molar-refractivity contribution in [2.75, 3.05) is 13.7 Å². The van der Waals surface area contributed by atoms with Gasteiger partial charge in [-0.3, -0.25) is 4.79 Å². The normalized spacial score (nSPS) is 14.4. The summed E-state index contributed by atoms with van der Waals surface area (Å²) in [6.45, 7) is 0.818. The molecule has 7 nitrogen and oxygen atoms in total. The Labute approximate surface area is 214 Å². The van der Waals surface area contributed by atoms with Crippen LogP contribution in [0.25, 0.3) is 0 Å². The minimum atomic E-state index is -9.90. The van der Waals surface area contributed by atoms with E-state index in [1.54, 1.807) is 24.3 Å². The van der Waals surface area contributed by atoms with Crippen LogP contribution in [0, 0.1) is 22.7 Å². The summed E-state index contributed by atoms with van der Waals surface area (Å²) in [5.74, 6) is 0.263. The molecule has 0 radical (unpaired) electrons. The number of rotatable bonds is 9. The van der Waals surface area contributed by atoms with Crippen LogP contribution in [0.1, 0.15) is 22.8 Å². The van der Waals surface area contributed by atoms with Gasteiger partial charge in [-0.2, -0.15) is 10.5 Å². The Morgan fingerprint density at radius 1 is 0.921 bits per heavy atom. The zero-order valence-corrected chi connectivity index (χ0v) is 20.7. The van der Waals surface area contributed by atoms with Crippen molar-refractivity contribution in [3.8, 4) is 35.1 Å². The van der Waals surface area contributed by atoms with E-state index >= 15 is 0 Å². The van der Waals surface area contributed by atoms with Crippen LogP contribution in [0.4, 0.5) is 19.4 Å². The van der Waals surface area contributed by atoms with Crippen molar-refractivity contribution in [3.05, 3.63) is 77.9 Å². The lowest BCUT2D eigenvalue weighted by Crippen LogP contribution is -2.49. The number of hydrogen-bond donors (Lipinski definition) is 1. The summed E-state index contributed by atoms with van der Waals surface area (Å²) in [6, 6.07) is 16.0. The minimum absolute atomic E-state index is 0.0656. The predicted octanol–water partition coefficient (Wildman–Crippen LogP) is 7.11. The zero-order chi connectivity index (χ0) is 28.3. The van der Waals surface area contributed by atoms with Crippen LogP contribution < -0.4 is 19.5 Å². The number of nitriles is 2. The van der Waals surface area contributed by atoms with Crippen molar-refractivity contribution >= 4 is 16.1 Å². The molecule has 0 spiro atoms. The van der Waals surface area contributed by atoms with Gasteiger partial charge in [-0.05, 0) is 67.6 Å². The van der Waals surface area contributed by atoms with Crippen molar-refractivity contribution in [3.63, 3.8) is 0 Å². The highest BCUT2D eigenvalue weighted by Gasteiger charge is 2.65. The molecule has 200 valence electrons. The van der Waals surface area contributed by atoms with Crippen LogP contribution in [-0.4, -0.2) is 25.2 Å². The Morgan fingerprint density at radius 2 is 1.53 bits per heavy atom. The molecule has 1 unspecified atom stereocenters. The van der Waals surface area contributed by atoms with Crippen LogP contribution in [0.3, 0.4) is 0 Å². The first-order valence-electron chi connectivity index (χ1n) is 10.6. The van der Waals surface area contributed by atoms with Crippen molar-refractivity contribution < 1.29 is 38.4 Å². The Morgan fingerprint density at radius 3 is 2.05 bits per heavy atom. The Balaban J connectivity index is 1.77. The number of hydrogen-bond acceptors (Lipinski definition) is 6. The van der Waals surface area contributed by atoms with E-state index in [1.165, 1.54) is 32.2 Å². The number of nitrogens with one attached hydrogen (secondary N) is 1. The number of carbonyl (C=O) groups excluding carboxylic acids is 1. The van der Waals surface area contributed by atoms with Gasteiger partial charge in [0.15, 0.2) is 17.0 Å². The molecule has 1 N–H and O–H groups in total. The molecule has 0 bridgehead atoms. The number of halogens is 5. The molecule has 0 heterocycles. The fraction of sp³-hybridized carbons (Fsp3) is 0.160. The molecule has 0 aliphatic rings. The standard InChI is InChI=1S/C25H20F5N3O4S/c1-25(15-32,33-24(34)18-4-10-21(11-5-18)38(26,27,28,29)30)16-36-23-13-17(14-31)3-12-22(23)37-20-8-6-19(35-2)7-9-20/h3-13H,16H2,1-2H3,(H,33,34). The van der Waals surface area contributed by atoms with Crippen LogP contribution >= 0.6 is 10.2 Å². The van der Waals surface area contributed by atoms with E-state index in [-0.39, 0.29) is 34.8 Å². The number of methoxy groups -OCH3 is 1. The summed E-state index contributed by atoms with van der Waals surface area (Å²) in [5.41, 5.74) is -1.88. The SMILES string of the molecule is COc1ccc(Oc2ccc(C#N)cc2OCC(C)(C#N)NC(=O)c2ccc(S(F)(F)(F)(F)F)cc2)cc1. The molecular weight excluding hydrogens is 533 g/mol. The van der Waals surface area contributed by atoms with Gasteiger partial charge in [0.25, 0.3) is 5.91 Å². The monoisotopic (exact) mass is 553 g/mol. The maximum absolute atomic E-state index is 12.9. The third-order valence-corrected chi connectivity index (χ3v) is 6.24. The van der Waals surface area contributed by atoms with Gasteiger partial charge in [-0.1, -0.05) is 19.4 Å². The minimum Gasteiger partial charge on any atom is -0.497 e. The second kappa shape index (κ2) is 9.43. The molecule has 1 amide bonds. The molecule has 1 atom stereocenters. The molecule has 0 aliphatic carbocycles. The third kappa shape index (κ3) is 7.05. The van der Waals surface area contributed by atoms with Gasteiger partial charge >= 0.3 is 10.2 Å². The van der Waals surface area contributed by atoms with E-state index in [1.807, 2.05) is 12.1 Å². The number of carbonyl (C=O) groups is 1. The van der Waals surface area contributed by atoms with E-state index in [0.29, 0.717) is 23.6 Å². The van der Waals surface area contributed by atoms with Crippen molar-refractivity contribution in [1.29, 1.82) is 10.5 Å². The smallest absolute Gasteiger partial charge is 0.310 e. The van der Waals surface area contributed by atoms with Crippen LogP contribution in [0.5, 0.6) is 23.0 Å². The number of nitrogens with zero attached hydrogens (tertiary/aromatic N) is 2. The summed E-state index contributed by atoms with van der Waals surface area (Å²) in [6.07, 6.45) is 0. The van der Waals surface area contributed by atoms with E-state index in [2.05, 4.69) is 5.32 Å². The Bertz CT molecular complexity index is 1440. The second-order valence-corrected chi connectivity index (χ2v) is 10.6. The first kappa shape index (κ1) is 28.1. The third-order valence-electron chi connectivity index (χ3n) is 5.07. The van der Waals surface area contributed by atoms with Gasteiger partial charge < -0.3 is 19.5 Å². The fourth-order valence-electron chi connectivity index (χ4n) is 3.05. The molecule has 0 fully saturated rings. The van der Waals surface area contributed by atoms with Crippen LogP contribution in [-0.2, 0) is 0 Å². The van der Waals surface area contributed by atoms with Crippen molar-refractivity contribution in [1.82, 2.24) is 5.32 Å². The van der Waals surface area contributed by atoms with Crippen molar-refractivity contribution in [2.45, 2.75) is 17.4 Å². The van der Waals surface area contributed by atoms with Gasteiger partial charge in [0, 0.05) is 11.6 Å². The van der Waals surface area contributed by atoms with Gasteiger partial charge in [-0.15, -0.1) is 0 Å². The van der Waals surface area contributed by atoms with Gasteiger partial charge in [0.2, 0.25) is 0 Å². The zero-order valence-electron chi connectivity index (χ0n) is 19.9. The van der Waals surface area contributed by atoms with Crippen molar-refractivity contribution in [2.24, 2.45) is 0 Å². The molecule has 3 aromatic rings. The Hall–Kier alpha value is -4.49. The largest absolute Gasteiger partial charge is 0.497 e. The summed E-state index contributed by atoms with van der Waals surface area (Å²) in [4.78, 5) is 10.4. The van der Waals surface area contributed by atoms with Crippen LogP contribution in [0.15, 0.2) is 71.6 Å². The first-order chi connectivity index (χ1) is 17.6. The van der Waals surface area contributed by atoms with Crippen LogP contribution in [0.2, 0.25) is 0 Å². The highest BCUT2D eigenvalue weighted by atomic mass is 32.5. The van der Waals surface area contributed by atoms with E-state index in [9.17, 15) is 34.7 Å². The maximum atomic E-state index is 12.9. The summed E-state index contributed by atoms with van der Waals surface area (Å²) in [7, 11) is -8.39. The maximum Gasteiger partial charge on any atom is 0.310 e. The summed E-state index contributed by atoms with van der Waals surface area (Å²) in [5, 5.41) is 21.2. The lowest BCUT2D eigenvalue weighted by Gasteiger charge is -2.40. The molecular formula is C25H20F5N3O4S. The number of amides is 1. The number of benzene rings is 3. The molecule has 0 saturated heterocycles. The molecule has 3 aromatic carbocycles. The summed E-state index contributed by atoms with van der Waals surface area (Å²) >= 11 is 0. The van der Waals surface area contributed by atoms with E-state index < -0.39 is 33.2 Å². The van der Waals surface area contributed by atoms with Gasteiger partial charge in [0.1, 0.15) is 23.0 Å². The molecule has 13 heteroatoms. The van der Waals surface area contributed by atoms with Gasteiger partial charge in [0.05, 0.1) is 24.8 Å². The first-order valence-corrected chi connectivity index (χ1v) is 12.6. The fourth-order valence-corrected chi connectivity index (χ4v) is 3.70. The quantitative estimate of drug-likeness (QED) is 0.283. The van der Waals surface area contributed by atoms with E-state index in [4.69, 9.17) is 14.2 Å². The topological polar surface area (TPSA) is 104 Å². The molecule has 3 rings (SSSR count). The lowest BCUT2D eigenvalue weighted by atomic mass is 10.0. The average Bonchev–Trinajstić information content (AvgIpc) is 2.87. The molecule has 0 aromatic heterocycles. The number of ether oxygens (including phenoxy) is 3. The second-order valence-electron chi connectivity index (χ2n) is 8.23.